The number of benzene rings is 2. The molecule has 0 spiro atoms. The average molecular weight is 465 g/mol. The van der Waals surface area contributed by atoms with Crippen LogP contribution in [-0.2, 0) is 13.0 Å². The van der Waals surface area contributed by atoms with Gasteiger partial charge in [-0.15, -0.1) is 5.10 Å². The third kappa shape index (κ3) is 4.39. The molecule has 1 aliphatic heterocycles. The first-order valence-electron chi connectivity index (χ1n) is 10.9. The quantitative estimate of drug-likeness (QED) is 0.449. The van der Waals surface area contributed by atoms with Crippen molar-refractivity contribution in [1.82, 2.24) is 10.2 Å². The SMILES string of the molecule is CCCc1[nH]nc2c1C(c1cccc(OCC)c1OCc1ccccc1Cl)C(C#N)C(=N)O2. The van der Waals surface area contributed by atoms with E-state index in [0.29, 0.717) is 29.0 Å². The number of rotatable bonds is 8. The van der Waals surface area contributed by atoms with Gasteiger partial charge in [0.05, 0.1) is 12.7 Å². The molecule has 0 saturated carbocycles. The topological polar surface area (TPSA) is 104 Å². The number of H-pyrrole nitrogens is 1. The number of hydrogen-bond donors (Lipinski definition) is 2. The number of hydrogen-bond acceptors (Lipinski definition) is 6. The van der Waals surface area contributed by atoms with Crippen LogP contribution in [0.15, 0.2) is 42.5 Å². The summed E-state index contributed by atoms with van der Waals surface area (Å²) in [6, 6.07) is 15.4. The smallest absolute Gasteiger partial charge is 0.243 e. The van der Waals surface area contributed by atoms with E-state index in [-0.39, 0.29) is 12.5 Å². The van der Waals surface area contributed by atoms with E-state index >= 15 is 0 Å². The summed E-state index contributed by atoms with van der Waals surface area (Å²) < 4.78 is 17.8. The third-order valence-electron chi connectivity index (χ3n) is 5.59. The van der Waals surface area contributed by atoms with Gasteiger partial charge in [-0.1, -0.05) is 55.3 Å². The van der Waals surface area contributed by atoms with E-state index in [0.717, 1.165) is 35.2 Å². The molecule has 1 aromatic heterocycles. The molecule has 0 aliphatic carbocycles. The molecule has 33 heavy (non-hydrogen) atoms. The second-order valence-corrected chi connectivity index (χ2v) is 8.12. The summed E-state index contributed by atoms with van der Waals surface area (Å²) in [5.41, 5.74) is 3.26. The van der Waals surface area contributed by atoms with E-state index < -0.39 is 11.8 Å². The van der Waals surface area contributed by atoms with E-state index in [9.17, 15) is 5.26 Å². The van der Waals surface area contributed by atoms with Crippen molar-refractivity contribution in [2.45, 2.75) is 39.2 Å². The molecule has 0 radical (unpaired) electrons. The highest BCUT2D eigenvalue weighted by Gasteiger charge is 2.42. The molecule has 2 unspecified atom stereocenters. The summed E-state index contributed by atoms with van der Waals surface area (Å²) in [5.74, 6) is -0.0339. The number of halogens is 1. The van der Waals surface area contributed by atoms with Crippen molar-refractivity contribution in [1.29, 1.82) is 10.7 Å². The number of aromatic nitrogens is 2. The number of ether oxygens (including phenoxy) is 3. The van der Waals surface area contributed by atoms with Crippen LogP contribution in [0.25, 0.3) is 0 Å². The Balaban J connectivity index is 1.84. The number of nitriles is 1. The largest absolute Gasteiger partial charge is 0.490 e. The monoisotopic (exact) mass is 464 g/mol. The minimum atomic E-state index is -0.828. The molecule has 0 bridgehead atoms. The predicted octanol–water partition coefficient (Wildman–Crippen LogP) is 5.63. The van der Waals surface area contributed by atoms with Crippen LogP contribution in [-0.4, -0.2) is 22.7 Å². The van der Waals surface area contributed by atoms with Crippen LogP contribution >= 0.6 is 11.6 Å². The van der Waals surface area contributed by atoms with E-state index in [1.54, 1.807) is 0 Å². The Labute approximate surface area is 197 Å². The maximum Gasteiger partial charge on any atom is 0.243 e. The zero-order valence-electron chi connectivity index (χ0n) is 18.5. The highest BCUT2D eigenvalue weighted by molar-refractivity contribution is 6.31. The number of para-hydroxylation sites is 1. The van der Waals surface area contributed by atoms with E-state index in [2.05, 4.69) is 23.2 Å². The van der Waals surface area contributed by atoms with Gasteiger partial charge in [-0.05, 0) is 25.5 Å². The molecule has 2 heterocycles. The Kier molecular flexibility index (Phi) is 6.85. The van der Waals surface area contributed by atoms with Crippen LogP contribution in [0.5, 0.6) is 17.4 Å². The lowest BCUT2D eigenvalue weighted by Gasteiger charge is -2.30. The van der Waals surface area contributed by atoms with Gasteiger partial charge in [0.25, 0.3) is 0 Å². The Bertz CT molecular complexity index is 1200. The first-order valence-corrected chi connectivity index (χ1v) is 11.3. The molecule has 2 aromatic carbocycles. The summed E-state index contributed by atoms with van der Waals surface area (Å²) >= 11 is 6.34. The maximum atomic E-state index is 9.99. The molecule has 2 N–H and O–H groups in total. The van der Waals surface area contributed by atoms with Gasteiger partial charge in [0.15, 0.2) is 11.5 Å². The lowest BCUT2D eigenvalue weighted by molar-refractivity contribution is 0.264. The van der Waals surface area contributed by atoms with Crippen molar-refractivity contribution in [2.24, 2.45) is 5.92 Å². The lowest BCUT2D eigenvalue weighted by atomic mass is 9.78. The summed E-state index contributed by atoms with van der Waals surface area (Å²) in [5, 5.41) is 26.3. The second kappa shape index (κ2) is 9.97. The zero-order valence-corrected chi connectivity index (χ0v) is 19.3. The number of aromatic amines is 1. The van der Waals surface area contributed by atoms with Crippen LogP contribution < -0.4 is 14.2 Å². The van der Waals surface area contributed by atoms with E-state index in [1.165, 1.54) is 0 Å². The van der Waals surface area contributed by atoms with Gasteiger partial charge in [-0.3, -0.25) is 10.5 Å². The molecule has 7 nitrogen and oxygen atoms in total. The van der Waals surface area contributed by atoms with E-state index in [4.69, 9.17) is 31.2 Å². The Morgan fingerprint density at radius 1 is 1.18 bits per heavy atom. The van der Waals surface area contributed by atoms with Crippen molar-refractivity contribution in [3.05, 3.63) is 69.9 Å². The van der Waals surface area contributed by atoms with Crippen molar-refractivity contribution in [3.8, 4) is 23.4 Å². The maximum absolute atomic E-state index is 9.99. The molecule has 2 atom stereocenters. The minimum absolute atomic E-state index is 0.136. The molecule has 0 amide bonds. The van der Waals surface area contributed by atoms with Crippen molar-refractivity contribution < 1.29 is 14.2 Å². The fourth-order valence-electron chi connectivity index (χ4n) is 4.13. The van der Waals surface area contributed by atoms with Gasteiger partial charge in [0, 0.05) is 33.3 Å². The number of fused-ring (bicyclic) bond motifs is 1. The summed E-state index contributed by atoms with van der Waals surface area (Å²) in [4.78, 5) is 0. The Morgan fingerprint density at radius 3 is 2.73 bits per heavy atom. The Hall–Kier alpha value is -3.50. The highest BCUT2D eigenvalue weighted by Crippen LogP contribution is 2.48. The third-order valence-corrected chi connectivity index (χ3v) is 5.96. The first kappa shape index (κ1) is 22.7. The van der Waals surface area contributed by atoms with E-state index in [1.807, 2.05) is 49.4 Å². The molecule has 170 valence electrons. The van der Waals surface area contributed by atoms with Crippen LogP contribution in [0.4, 0.5) is 0 Å². The predicted molar refractivity (Wildman–Crippen MR) is 125 cm³/mol. The van der Waals surface area contributed by atoms with Crippen LogP contribution in [0.1, 0.15) is 48.6 Å². The van der Waals surface area contributed by atoms with Gasteiger partial charge in [-0.25, -0.2) is 0 Å². The van der Waals surface area contributed by atoms with Crippen LogP contribution in [0.2, 0.25) is 5.02 Å². The zero-order chi connectivity index (χ0) is 23.4. The van der Waals surface area contributed by atoms with Gasteiger partial charge in [-0.2, -0.15) is 5.26 Å². The lowest BCUT2D eigenvalue weighted by Crippen LogP contribution is -2.31. The standard InChI is InChI=1S/C25H25ClN4O3/c1-3-8-19-22-21(17(13-27)24(28)33-25(22)30-29-19)16-10-7-12-20(31-4-2)23(16)32-14-15-9-5-6-11-18(15)26/h5-7,9-12,17,21,28H,3-4,8,14H2,1-2H3,(H,29,30). The summed E-state index contributed by atoms with van der Waals surface area (Å²) in [7, 11) is 0. The van der Waals surface area contributed by atoms with Gasteiger partial charge in [0.1, 0.15) is 12.5 Å². The van der Waals surface area contributed by atoms with Crippen LogP contribution in [0.3, 0.4) is 0 Å². The number of aryl methyl sites for hydroxylation is 1. The van der Waals surface area contributed by atoms with Gasteiger partial charge < -0.3 is 14.2 Å². The molecule has 1 aliphatic rings. The summed E-state index contributed by atoms with van der Waals surface area (Å²) in [6.07, 6.45) is 1.64. The van der Waals surface area contributed by atoms with Crippen molar-refractivity contribution in [3.63, 3.8) is 0 Å². The Morgan fingerprint density at radius 2 is 2.00 bits per heavy atom. The molecule has 0 saturated heterocycles. The first-order chi connectivity index (χ1) is 16.1. The molecule has 0 fully saturated rings. The number of nitrogens with one attached hydrogen (secondary N) is 2. The number of nitrogens with zero attached hydrogens (tertiary/aromatic N) is 2. The minimum Gasteiger partial charge on any atom is -0.490 e. The van der Waals surface area contributed by atoms with Crippen molar-refractivity contribution >= 4 is 17.5 Å². The average Bonchev–Trinajstić information content (AvgIpc) is 3.20. The summed E-state index contributed by atoms with van der Waals surface area (Å²) in [6.45, 7) is 4.66. The van der Waals surface area contributed by atoms with Crippen LogP contribution in [0, 0.1) is 22.7 Å². The highest BCUT2D eigenvalue weighted by atomic mass is 35.5. The fraction of sp³-hybridized carbons (Fsp3) is 0.320. The van der Waals surface area contributed by atoms with Gasteiger partial charge >= 0.3 is 0 Å². The molecular formula is C25H25ClN4O3. The van der Waals surface area contributed by atoms with Gasteiger partial charge in [0.2, 0.25) is 11.8 Å². The molecular weight excluding hydrogens is 440 g/mol. The molecule has 3 aromatic rings. The fourth-order valence-corrected chi connectivity index (χ4v) is 4.32. The second-order valence-electron chi connectivity index (χ2n) is 7.71. The molecule has 4 rings (SSSR count). The molecule has 8 heteroatoms. The van der Waals surface area contributed by atoms with Crippen molar-refractivity contribution in [2.75, 3.05) is 6.61 Å². The normalized spacial score (nSPS) is 17.1.